The first-order valence-corrected chi connectivity index (χ1v) is 5.88. The summed E-state index contributed by atoms with van der Waals surface area (Å²) in [7, 11) is 0. The minimum absolute atomic E-state index is 0.248. The highest BCUT2D eigenvalue weighted by atomic mass is 16.3. The molecule has 3 heteroatoms. The molecule has 0 spiro atoms. The number of phenolic OH excluding ortho intramolecular Hbond substituents is 2. The summed E-state index contributed by atoms with van der Waals surface area (Å²) in [5.74, 6) is 0.606. The van der Waals surface area contributed by atoms with Crippen molar-refractivity contribution in [1.29, 1.82) is 0 Å². The number of anilines is 1. The van der Waals surface area contributed by atoms with Crippen LogP contribution in [0.4, 0.5) is 5.69 Å². The molecule has 0 saturated heterocycles. The average molecular weight is 243 g/mol. The summed E-state index contributed by atoms with van der Waals surface area (Å²) in [6.07, 6.45) is 0. The monoisotopic (exact) mass is 243 g/mol. The van der Waals surface area contributed by atoms with Gasteiger partial charge in [0, 0.05) is 18.3 Å². The SMILES string of the molecule is Cc1cc(CNc2cccc(O)c2)cc(C)c1O. The van der Waals surface area contributed by atoms with Crippen LogP contribution in [0.5, 0.6) is 11.5 Å². The van der Waals surface area contributed by atoms with Gasteiger partial charge in [0.2, 0.25) is 0 Å². The first-order chi connectivity index (χ1) is 8.56. The third-order valence-electron chi connectivity index (χ3n) is 2.89. The summed E-state index contributed by atoms with van der Waals surface area (Å²) in [6, 6.07) is 10.9. The van der Waals surface area contributed by atoms with Crippen molar-refractivity contribution in [3.8, 4) is 11.5 Å². The molecule has 2 aromatic rings. The van der Waals surface area contributed by atoms with Crippen LogP contribution in [0.3, 0.4) is 0 Å². The third kappa shape index (κ3) is 2.74. The van der Waals surface area contributed by atoms with E-state index in [1.807, 2.05) is 32.0 Å². The summed E-state index contributed by atoms with van der Waals surface area (Å²) in [6.45, 7) is 4.44. The van der Waals surface area contributed by atoms with Gasteiger partial charge in [-0.05, 0) is 42.7 Å². The minimum Gasteiger partial charge on any atom is -0.508 e. The van der Waals surface area contributed by atoms with Crippen LogP contribution in [0.25, 0.3) is 0 Å². The number of aromatic hydroxyl groups is 2. The molecule has 2 rings (SSSR count). The van der Waals surface area contributed by atoms with E-state index in [1.54, 1.807) is 18.2 Å². The average Bonchev–Trinajstić information content (AvgIpc) is 2.33. The van der Waals surface area contributed by atoms with E-state index in [-0.39, 0.29) is 5.75 Å². The van der Waals surface area contributed by atoms with Gasteiger partial charge in [0.15, 0.2) is 0 Å². The lowest BCUT2D eigenvalue weighted by molar-refractivity contribution is 0.466. The van der Waals surface area contributed by atoms with Gasteiger partial charge < -0.3 is 15.5 Å². The highest BCUT2D eigenvalue weighted by Gasteiger charge is 2.03. The zero-order valence-electron chi connectivity index (χ0n) is 10.6. The van der Waals surface area contributed by atoms with Crippen LogP contribution in [0, 0.1) is 13.8 Å². The van der Waals surface area contributed by atoms with E-state index in [2.05, 4.69) is 5.32 Å². The lowest BCUT2D eigenvalue weighted by Gasteiger charge is -2.10. The fourth-order valence-corrected chi connectivity index (χ4v) is 1.97. The predicted molar refractivity (Wildman–Crippen MR) is 73.0 cm³/mol. The molecule has 3 N–H and O–H groups in total. The van der Waals surface area contributed by atoms with E-state index in [4.69, 9.17) is 0 Å². The van der Waals surface area contributed by atoms with Crippen molar-refractivity contribution >= 4 is 5.69 Å². The van der Waals surface area contributed by atoms with Gasteiger partial charge in [-0.25, -0.2) is 0 Å². The van der Waals surface area contributed by atoms with Crippen LogP contribution in [-0.2, 0) is 6.54 Å². The molecule has 0 aliphatic rings. The van der Waals surface area contributed by atoms with Crippen LogP contribution in [-0.4, -0.2) is 10.2 Å². The van der Waals surface area contributed by atoms with Crippen molar-refractivity contribution < 1.29 is 10.2 Å². The molecule has 0 aromatic heterocycles. The number of phenols is 2. The van der Waals surface area contributed by atoms with Crippen molar-refractivity contribution in [1.82, 2.24) is 0 Å². The van der Waals surface area contributed by atoms with Crippen LogP contribution in [0.15, 0.2) is 36.4 Å². The largest absolute Gasteiger partial charge is 0.508 e. The van der Waals surface area contributed by atoms with Crippen LogP contribution < -0.4 is 5.32 Å². The highest BCUT2D eigenvalue weighted by Crippen LogP contribution is 2.23. The molecule has 3 nitrogen and oxygen atoms in total. The van der Waals surface area contributed by atoms with E-state index in [9.17, 15) is 10.2 Å². The third-order valence-corrected chi connectivity index (χ3v) is 2.89. The Balaban J connectivity index is 2.11. The molecular formula is C15H17NO2. The molecule has 0 aliphatic heterocycles. The van der Waals surface area contributed by atoms with Crippen molar-refractivity contribution in [2.45, 2.75) is 20.4 Å². The molecule has 18 heavy (non-hydrogen) atoms. The first kappa shape index (κ1) is 12.3. The van der Waals surface area contributed by atoms with E-state index in [1.165, 1.54) is 0 Å². The Morgan fingerprint density at radius 2 is 1.67 bits per heavy atom. The molecule has 0 fully saturated rings. The van der Waals surface area contributed by atoms with Crippen molar-refractivity contribution in [3.05, 3.63) is 53.1 Å². The number of hydrogen-bond acceptors (Lipinski definition) is 3. The van der Waals surface area contributed by atoms with Gasteiger partial charge in [-0.15, -0.1) is 0 Å². The Morgan fingerprint density at radius 1 is 1.00 bits per heavy atom. The summed E-state index contributed by atoms with van der Waals surface area (Å²) >= 11 is 0. The second kappa shape index (κ2) is 5.00. The van der Waals surface area contributed by atoms with Crippen molar-refractivity contribution in [2.75, 3.05) is 5.32 Å². The molecule has 0 saturated carbocycles. The summed E-state index contributed by atoms with van der Waals surface area (Å²) in [5.41, 5.74) is 3.73. The zero-order valence-corrected chi connectivity index (χ0v) is 10.6. The molecule has 0 bridgehead atoms. The molecule has 2 aromatic carbocycles. The summed E-state index contributed by atoms with van der Waals surface area (Å²) in [5, 5.41) is 22.3. The smallest absolute Gasteiger partial charge is 0.121 e. The Bertz CT molecular complexity index is 541. The highest BCUT2D eigenvalue weighted by molar-refractivity contribution is 5.49. The van der Waals surface area contributed by atoms with E-state index in [0.717, 1.165) is 22.4 Å². The van der Waals surface area contributed by atoms with Crippen LogP contribution >= 0.6 is 0 Å². The van der Waals surface area contributed by atoms with Gasteiger partial charge in [0.25, 0.3) is 0 Å². The van der Waals surface area contributed by atoms with Crippen LogP contribution in [0.2, 0.25) is 0 Å². The molecule has 0 aliphatic carbocycles. The lowest BCUT2D eigenvalue weighted by atomic mass is 10.1. The molecule has 0 heterocycles. The molecular weight excluding hydrogens is 226 g/mol. The predicted octanol–water partition coefficient (Wildman–Crippen LogP) is 3.33. The molecule has 0 atom stereocenters. The number of benzene rings is 2. The maximum absolute atomic E-state index is 9.70. The lowest BCUT2D eigenvalue weighted by Crippen LogP contribution is -2.00. The van der Waals surface area contributed by atoms with Gasteiger partial charge in [-0.2, -0.15) is 0 Å². The number of aryl methyl sites for hydroxylation is 2. The summed E-state index contributed by atoms with van der Waals surface area (Å²) in [4.78, 5) is 0. The Morgan fingerprint density at radius 3 is 2.28 bits per heavy atom. The number of hydrogen-bond donors (Lipinski definition) is 3. The van der Waals surface area contributed by atoms with Crippen molar-refractivity contribution in [3.63, 3.8) is 0 Å². The quantitative estimate of drug-likeness (QED) is 0.775. The Kier molecular flexibility index (Phi) is 3.42. The van der Waals surface area contributed by atoms with Crippen LogP contribution in [0.1, 0.15) is 16.7 Å². The fraction of sp³-hybridized carbons (Fsp3) is 0.200. The van der Waals surface area contributed by atoms with E-state index < -0.39 is 0 Å². The standard InChI is InChI=1S/C15H17NO2/c1-10-6-12(7-11(2)15(10)18)9-16-13-4-3-5-14(17)8-13/h3-8,16-18H,9H2,1-2H3. The van der Waals surface area contributed by atoms with Gasteiger partial charge in [-0.1, -0.05) is 18.2 Å². The number of rotatable bonds is 3. The van der Waals surface area contributed by atoms with Crippen molar-refractivity contribution in [2.24, 2.45) is 0 Å². The Labute approximate surface area is 107 Å². The topological polar surface area (TPSA) is 52.5 Å². The van der Waals surface area contributed by atoms with E-state index >= 15 is 0 Å². The Hall–Kier alpha value is -2.16. The summed E-state index contributed by atoms with van der Waals surface area (Å²) < 4.78 is 0. The normalized spacial score (nSPS) is 10.3. The van der Waals surface area contributed by atoms with Gasteiger partial charge in [-0.3, -0.25) is 0 Å². The second-order valence-electron chi connectivity index (χ2n) is 4.48. The first-order valence-electron chi connectivity index (χ1n) is 5.88. The fourth-order valence-electron chi connectivity index (χ4n) is 1.97. The van der Waals surface area contributed by atoms with Gasteiger partial charge in [0.05, 0.1) is 0 Å². The van der Waals surface area contributed by atoms with E-state index in [0.29, 0.717) is 12.3 Å². The molecule has 0 unspecified atom stereocenters. The number of nitrogens with one attached hydrogen (secondary N) is 1. The minimum atomic E-state index is 0.248. The molecule has 0 amide bonds. The molecule has 94 valence electrons. The maximum atomic E-state index is 9.70. The van der Waals surface area contributed by atoms with Gasteiger partial charge in [0.1, 0.15) is 11.5 Å². The van der Waals surface area contributed by atoms with Gasteiger partial charge >= 0.3 is 0 Å². The zero-order chi connectivity index (χ0) is 13.1. The maximum Gasteiger partial charge on any atom is 0.121 e. The molecule has 0 radical (unpaired) electrons. The second-order valence-corrected chi connectivity index (χ2v) is 4.48.